The molecule has 0 amide bonds. The summed E-state index contributed by atoms with van der Waals surface area (Å²) in [4.78, 5) is 4.02. The molecule has 5 N–H and O–H groups in total. The second-order valence-corrected chi connectivity index (χ2v) is 3.49. The van der Waals surface area contributed by atoms with Crippen molar-refractivity contribution < 1.29 is 5.11 Å². The van der Waals surface area contributed by atoms with Crippen molar-refractivity contribution in [2.75, 3.05) is 11.5 Å². The van der Waals surface area contributed by atoms with E-state index in [0.29, 0.717) is 10.8 Å². The number of hydrogen-bond donors (Lipinski definition) is 3. The number of hydrogen-bond acceptors (Lipinski definition) is 5. The molecule has 2 rings (SSSR count). The van der Waals surface area contributed by atoms with Crippen LogP contribution in [0.25, 0.3) is 10.2 Å². The lowest BCUT2D eigenvalue weighted by Gasteiger charge is -1.95. The molecule has 0 saturated carbocycles. The molecule has 14 heavy (non-hydrogen) atoms. The van der Waals surface area contributed by atoms with Crippen LogP contribution in [0.3, 0.4) is 0 Å². The predicted molar refractivity (Wildman–Crippen MR) is 61.5 cm³/mol. The van der Waals surface area contributed by atoms with Gasteiger partial charge in [0.05, 0.1) is 15.9 Å². The van der Waals surface area contributed by atoms with Crippen LogP contribution in [0.4, 0.5) is 10.8 Å². The molecule has 0 spiro atoms. The van der Waals surface area contributed by atoms with Crippen LogP contribution >= 0.6 is 11.3 Å². The third-order valence-corrected chi connectivity index (χ3v) is 2.40. The first-order chi connectivity index (χ1) is 6.66. The number of aromatic nitrogens is 1. The molecular weight excluding hydrogens is 198 g/mol. The Morgan fingerprint density at radius 2 is 1.93 bits per heavy atom. The number of nitrogens with two attached hydrogens (primary N) is 2. The SMILES string of the molecule is CC.Nc1nc2cc(N)c(O)cc2s1. The molecule has 1 heterocycles. The average molecular weight is 211 g/mol. The van der Waals surface area contributed by atoms with Crippen LogP contribution in [0.15, 0.2) is 12.1 Å². The standard InChI is InChI=1S/C7H7N3OS.C2H6/c8-3-1-4-6(2-5(3)11)12-7(9)10-4;1-2/h1-2,11H,8H2,(H2,9,10);1-2H3. The van der Waals surface area contributed by atoms with Gasteiger partial charge in [-0.05, 0) is 6.07 Å². The lowest BCUT2D eigenvalue weighted by Crippen LogP contribution is -1.84. The topological polar surface area (TPSA) is 85.2 Å². The van der Waals surface area contributed by atoms with Gasteiger partial charge in [-0.1, -0.05) is 25.2 Å². The molecule has 4 nitrogen and oxygen atoms in total. The van der Waals surface area contributed by atoms with E-state index in [1.807, 2.05) is 13.8 Å². The first-order valence-corrected chi connectivity index (χ1v) is 5.13. The van der Waals surface area contributed by atoms with E-state index in [9.17, 15) is 5.11 Å². The summed E-state index contributed by atoms with van der Waals surface area (Å²) in [6, 6.07) is 3.18. The first kappa shape index (κ1) is 10.6. The molecule has 2 aromatic rings. The Hall–Kier alpha value is -1.49. The highest BCUT2D eigenvalue weighted by Gasteiger charge is 2.04. The van der Waals surface area contributed by atoms with Crippen molar-refractivity contribution >= 4 is 32.4 Å². The average Bonchev–Trinajstić information content (AvgIpc) is 2.49. The molecule has 76 valence electrons. The van der Waals surface area contributed by atoms with Crippen LogP contribution in [0.2, 0.25) is 0 Å². The monoisotopic (exact) mass is 211 g/mol. The molecule has 0 unspecified atom stereocenters. The fourth-order valence-corrected chi connectivity index (χ4v) is 1.75. The lowest BCUT2D eigenvalue weighted by atomic mass is 10.3. The predicted octanol–water partition coefficient (Wildman–Crippen LogP) is 2.19. The Morgan fingerprint density at radius 3 is 2.57 bits per heavy atom. The minimum absolute atomic E-state index is 0.0751. The third-order valence-electron chi connectivity index (χ3n) is 1.55. The minimum atomic E-state index is 0.0751. The second kappa shape index (κ2) is 4.15. The fourth-order valence-electron chi connectivity index (χ4n) is 0.997. The van der Waals surface area contributed by atoms with Crippen molar-refractivity contribution in [3.05, 3.63) is 12.1 Å². The van der Waals surface area contributed by atoms with Crippen molar-refractivity contribution in [2.24, 2.45) is 0 Å². The highest BCUT2D eigenvalue weighted by Crippen LogP contribution is 2.31. The summed E-state index contributed by atoms with van der Waals surface area (Å²) in [7, 11) is 0. The molecule has 1 aromatic heterocycles. The number of anilines is 2. The molecule has 0 bridgehead atoms. The van der Waals surface area contributed by atoms with Crippen molar-refractivity contribution in [1.82, 2.24) is 4.98 Å². The zero-order chi connectivity index (χ0) is 10.7. The van der Waals surface area contributed by atoms with Gasteiger partial charge in [0, 0.05) is 6.07 Å². The van der Waals surface area contributed by atoms with E-state index in [-0.39, 0.29) is 5.75 Å². The van der Waals surface area contributed by atoms with Gasteiger partial charge in [-0.15, -0.1) is 0 Å². The van der Waals surface area contributed by atoms with E-state index in [2.05, 4.69) is 4.98 Å². The van der Waals surface area contributed by atoms with Crippen molar-refractivity contribution in [3.8, 4) is 5.75 Å². The first-order valence-electron chi connectivity index (χ1n) is 4.31. The summed E-state index contributed by atoms with van der Waals surface area (Å²) in [6.45, 7) is 4.00. The number of nitrogen functional groups attached to an aromatic ring is 2. The molecule has 5 heteroatoms. The molecule has 0 saturated heterocycles. The number of rotatable bonds is 0. The number of phenols is 1. The summed E-state index contributed by atoms with van der Waals surface area (Å²) in [5, 5.41) is 9.72. The van der Waals surface area contributed by atoms with Crippen LogP contribution in [0.5, 0.6) is 5.75 Å². The maximum absolute atomic E-state index is 9.24. The number of fused-ring (bicyclic) bond motifs is 1. The summed E-state index contributed by atoms with van der Waals surface area (Å²) in [5.41, 5.74) is 12.0. The van der Waals surface area contributed by atoms with E-state index in [4.69, 9.17) is 11.5 Å². The van der Waals surface area contributed by atoms with Gasteiger partial charge in [-0.25, -0.2) is 4.98 Å². The van der Waals surface area contributed by atoms with E-state index in [1.165, 1.54) is 11.3 Å². The van der Waals surface area contributed by atoms with Gasteiger partial charge in [0.1, 0.15) is 5.75 Å². The summed E-state index contributed by atoms with van der Waals surface area (Å²) in [5.74, 6) is 0.0751. The molecule has 0 atom stereocenters. The van der Waals surface area contributed by atoms with Gasteiger partial charge >= 0.3 is 0 Å². The van der Waals surface area contributed by atoms with E-state index >= 15 is 0 Å². The summed E-state index contributed by atoms with van der Waals surface area (Å²) < 4.78 is 0.846. The van der Waals surface area contributed by atoms with Gasteiger partial charge in [-0.3, -0.25) is 0 Å². The molecule has 0 aliphatic rings. The molecule has 0 aliphatic carbocycles. The van der Waals surface area contributed by atoms with Gasteiger partial charge in [0.25, 0.3) is 0 Å². The number of phenolic OH excluding ortho intramolecular Hbond substituents is 1. The molecule has 0 aliphatic heterocycles. The Labute approximate surface area is 86.2 Å². The van der Waals surface area contributed by atoms with Crippen molar-refractivity contribution in [2.45, 2.75) is 13.8 Å². The smallest absolute Gasteiger partial charge is 0.181 e. The van der Waals surface area contributed by atoms with Gasteiger partial charge in [0.15, 0.2) is 5.13 Å². The van der Waals surface area contributed by atoms with Crippen LogP contribution in [-0.2, 0) is 0 Å². The molecule has 1 aromatic carbocycles. The van der Waals surface area contributed by atoms with Crippen LogP contribution in [-0.4, -0.2) is 10.1 Å². The Bertz CT molecular complexity index is 400. The van der Waals surface area contributed by atoms with E-state index in [0.717, 1.165) is 10.2 Å². The van der Waals surface area contributed by atoms with Gasteiger partial charge < -0.3 is 16.6 Å². The van der Waals surface area contributed by atoms with Gasteiger partial charge in [0.2, 0.25) is 0 Å². The Balaban J connectivity index is 0.000000461. The summed E-state index contributed by atoms with van der Waals surface area (Å²) >= 11 is 1.33. The maximum Gasteiger partial charge on any atom is 0.181 e. The third kappa shape index (κ3) is 1.88. The highest BCUT2D eigenvalue weighted by atomic mass is 32.1. The van der Waals surface area contributed by atoms with E-state index in [1.54, 1.807) is 12.1 Å². The zero-order valence-electron chi connectivity index (χ0n) is 8.11. The quantitative estimate of drug-likeness (QED) is 0.460. The summed E-state index contributed by atoms with van der Waals surface area (Å²) in [6.07, 6.45) is 0. The normalized spacial score (nSPS) is 9.57. The van der Waals surface area contributed by atoms with Crippen LogP contribution in [0, 0.1) is 0 Å². The lowest BCUT2D eigenvalue weighted by molar-refractivity contribution is 0.479. The highest BCUT2D eigenvalue weighted by molar-refractivity contribution is 7.22. The minimum Gasteiger partial charge on any atom is -0.506 e. The van der Waals surface area contributed by atoms with Crippen molar-refractivity contribution in [3.63, 3.8) is 0 Å². The Morgan fingerprint density at radius 1 is 1.29 bits per heavy atom. The van der Waals surface area contributed by atoms with Gasteiger partial charge in [-0.2, -0.15) is 0 Å². The number of nitrogens with zero attached hydrogens (tertiary/aromatic N) is 1. The molecule has 0 radical (unpaired) electrons. The maximum atomic E-state index is 9.24. The zero-order valence-corrected chi connectivity index (χ0v) is 8.93. The number of thiazole rings is 1. The van der Waals surface area contributed by atoms with E-state index < -0.39 is 0 Å². The molecule has 0 fully saturated rings. The van der Waals surface area contributed by atoms with Crippen LogP contribution < -0.4 is 11.5 Å². The molecular formula is C9H13N3OS. The largest absolute Gasteiger partial charge is 0.506 e. The van der Waals surface area contributed by atoms with Crippen molar-refractivity contribution in [1.29, 1.82) is 0 Å². The van der Waals surface area contributed by atoms with Crippen LogP contribution in [0.1, 0.15) is 13.8 Å². The number of benzene rings is 1. The fraction of sp³-hybridized carbons (Fsp3) is 0.222. The number of aromatic hydroxyl groups is 1. The Kier molecular flexibility index (Phi) is 3.14. The second-order valence-electron chi connectivity index (χ2n) is 2.43.